The monoisotopic (exact) mass is 398 g/mol. The topological polar surface area (TPSA) is 77.5 Å². The van der Waals surface area contributed by atoms with E-state index in [-0.39, 0.29) is 4.90 Å². The first-order chi connectivity index (χ1) is 13.3. The van der Waals surface area contributed by atoms with Gasteiger partial charge in [-0.25, -0.2) is 13.1 Å². The number of sulfonamides is 1. The predicted octanol–water partition coefficient (Wildman–Crippen LogP) is 3.53. The van der Waals surface area contributed by atoms with Crippen LogP contribution in [0.1, 0.15) is 25.0 Å². The number of aryl methyl sites for hydroxylation is 1. The number of hydrogen-bond donors (Lipinski definition) is 1. The van der Waals surface area contributed by atoms with Gasteiger partial charge in [0.2, 0.25) is 10.0 Å². The van der Waals surface area contributed by atoms with Gasteiger partial charge in [-0.15, -0.1) is 0 Å². The molecule has 6 nitrogen and oxygen atoms in total. The van der Waals surface area contributed by atoms with Gasteiger partial charge in [-0.2, -0.15) is 0 Å². The van der Waals surface area contributed by atoms with Crippen LogP contribution in [0.25, 0.3) is 10.9 Å². The Kier molecular flexibility index (Phi) is 4.51. The summed E-state index contributed by atoms with van der Waals surface area (Å²) in [7, 11) is -3.79. The maximum absolute atomic E-state index is 13.2. The normalized spacial score (nSPS) is 14.2. The van der Waals surface area contributed by atoms with Gasteiger partial charge in [0, 0.05) is 11.6 Å². The molecule has 146 valence electrons. The second kappa shape index (κ2) is 6.76. The molecule has 0 fully saturated rings. The van der Waals surface area contributed by atoms with Crippen LogP contribution in [-0.2, 0) is 15.6 Å². The minimum absolute atomic E-state index is 0.215. The molecule has 0 unspecified atom stereocenters. The second-order valence-electron chi connectivity index (χ2n) is 7.37. The number of rotatable bonds is 4. The molecule has 0 aliphatic carbocycles. The summed E-state index contributed by atoms with van der Waals surface area (Å²) in [6.07, 6.45) is 1.66. The van der Waals surface area contributed by atoms with E-state index in [0.29, 0.717) is 35.6 Å². The molecule has 2 aromatic carbocycles. The van der Waals surface area contributed by atoms with Crippen molar-refractivity contribution in [3.05, 3.63) is 59.8 Å². The zero-order valence-corrected chi connectivity index (χ0v) is 16.8. The molecule has 3 aromatic rings. The molecule has 0 spiro atoms. The fourth-order valence-electron chi connectivity index (χ4n) is 3.40. The lowest BCUT2D eigenvalue weighted by atomic mass is 9.95. The lowest BCUT2D eigenvalue weighted by Gasteiger charge is -2.28. The van der Waals surface area contributed by atoms with Gasteiger partial charge in [0.25, 0.3) is 0 Å². The van der Waals surface area contributed by atoms with Gasteiger partial charge in [0.05, 0.1) is 16.0 Å². The van der Waals surface area contributed by atoms with Gasteiger partial charge >= 0.3 is 0 Å². The quantitative estimate of drug-likeness (QED) is 0.727. The van der Waals surface area contributed by atoms with Gasteiger partial charge < -0.3 is 9.47 Å². The fraction of sp³-hybridized carbons (Fsp3) is 0.286. The van der Waals surface area contributed by atoms with E-state index in [2.05, 4.69) is 9.71 Å². The molecule has 1 N–H and O–H groups in total. The second-order valence-corrected chi connectivity index (χ2v) is 9.02. The van der Waals surface area contributed by atoms with Gasteiger partial charge in [0.1, 0.15) is 13.2 Å². The standard InChI is InChI=1S/C21H22N2O4S/c1-14-6-9-19(16-5-4-10-22-20(14)16)28(24,25)23-21(2,3)15-7-8-17-18(13-15)27-12-11-26-17/h4-10,13,23H,11-12H2,1-3H3. The Morgan fingerprint density at radius 2 is 1.79 bits per heavy atom. The highest BCUT2D eigenvalue weighted by atomic mass is 32.2. The maximum Gasteiger partial charge on any atom is 0.242 e. The summed E-state index contributed by atoms with van der Waals surface area (Å²) in [4.78, 5) is 4.55. The third kappa shape index (κ3) is 3.31. The lowest BCUT2D eigenvalue weighted by Crippen LogP contribution is -2.41. The van der Waals surface area contributed by atoms with Crippen molar-refractivity contribution in [3.8, 4) is 11.5 Å². The number of nitrogens with one attached hydrogen (secondary N) is 1. The average Bonchev–Trinajstić information content (AvgIpc) is 2.67. The molecular weight excluding hydrogens is 376 g/mol. The van der Waals surface area contributed by atoms with Crippen molar-refractivity contribution >= 4 is 20.9 Å². The Morgan fingerprint density at radius 1 is 1.04 bits per heavy atom. The first-order valence-electron chi connectivity index (χ1n) is 9.06. The number of nitrogens with zero attached hydrogens (tertiary/aromatic N) is 1. The van der Waals surface area contributed by atoms with E-state index in [1.54, 1.807) is 30.5 Å². The van der Waals surface area contributed by atoms with Crippen LogP contribution < -0.4 is 14.2 Å². The van der Waals surface area contributed by atoms with Crippen molar-refractivity contribution in [2.45, 2.75) is 31.2 Å². The Hall–Kier alpha value is -2.64. The highest BCUT2D eigenvalue weighted by Gasteiger charge is 2.30. The van der Waals surface area contributed by atoms with Crippen molar-refractivity contribution in [2.75, 3.05) is 13.2 Å². The Bertz CT molecular complexity index is 1160. The molecular formula is C21H22N2O4S. The summed E-state index contributed by atoms with van der Waals surface area (Å²) >= 11 is 0. The molecule has 7 heteroatoms. The van der Waals surface area contributed by atoms with Crippen LogP contribution in [0.2, 0.25) is 0 Å². The lowest BCUT2D eigenvalue weighted by molar-refractivity contribution is 0.171. The minimum Gasteiger partial charge on any atom is -0.486 e. The van der Waals surface area contributed by atoms with Gasteiger partial charge in [-0.3, -0.25) is 4.98 Å². The smallest absolute Gasteiger partial charge is 0.242 e. The Morgan fingerprint density at radius 3 is 2.57 bits per heavy atom. The summed E-state index contributed by atoms with van der Waals surface area (Å²) < 4.78 is 40.5. The number of aromatic nitrogens is 1. The minimum atomic E-state index is -3.79. The number of hydrogen-bond acceptors (Lipinski definition) is 5. The molecule has 28 heavy (non-hydrogen) atoms. The summed E-state index contributed by atoms with van der Waals surface area (Å²) in [6.45, 7) is 6.55. The molecule has 0 radical (unpaired) electrons. The van der Waals surface area contributed by atoms with Crippen molar-refractivity contribution < 1.29 is 17.9 Å². The van der Waals surface area contributed by atoms with Crippen LogP contribution in [0, 0.1) is 6.92 Å². The molecule has 0 amide bonds. The van der Waals surface area contributed by atoms with Crippen LogP contribution in [0.5, 0.6) is 11.5 Å². The van der Waals surface area contributed by atoms with Crippen molar-refractivity contribution in [2.24, 2.45) is 0 Å². The number of fused-ring (bicyclic) bond motifs is 2. The predicted molar refractivity (Wildman–Crippen MR) is 107 cm³/mol. The summed E-state index contributed by atoms with van der Waals surface area (Å²) in [5, 5.41) is 0.605. The van der Waals surface area contributed by atoms with E-state index in [0.717, 1.165) is 11.1 Å². The Labute approximate surface area is 164 Å². The van der Waals surface area contributed by atoms with Crippen molar-refractivity contribution in [3.63, 3.8) is 0 Å². The van der Waals surface area contributed by atoms with Crippen LogP contribution in [-0.4, -0.2) is 26.6 Å². The molecule has 1 aromatic heterocycles. The first-order valence-corrected chi connectivity index (χ1v) is 10.5. The average molecular weight is 398 g/mol. The summed E-state index contributed by atoms with van der Waals surface area (Å²) in [5.74, 6) is 1.30. The number of pyridine rings is 1. The van der Waals surface area contributed by atoms with Crippen LogP contribution in [0.4, 0.5) is 0 Å². The van der Waals surface area contributed by atoms with Gasteiger partial charge in [-0.05, 0) is 62.2 Å². The van der Waals surface area contributed by atoms with Gasteiger partial charge in [-0.1, -0.05) is 12.1 Å². The van der Waals surface area contributed by atoms with E-state index in [9.17, 15) is 8.42 Å². The molecule has 0 saturated heterocycles. The van der Waals surface area contributed by atoms with Crippen LogP contribution in [0.3, 0.4) is 0 Å². The van der Waals surface area contributed by atoms with E-state index in [1.165, 1.54) is 0 Å². The number of benzene rings is 2. The third-order valence-corrected chi connectivity index (χ3v) is 6.59. The highest BCUT2D eigenvalue weighted by molar-refractivity contribution is 7.89. The molecule has 4 rings (SSSR count). The zero-order chi connectivity index (χ0) is 19.9. The van der Waals surface area contributed by atoms with Gasteiger partial charge in [0.15, 0.2) is 11.5 Å². The molecule has 0 saturated carbocycles. The SMILES string of the molecule is Cc1ccc(S(=O)(=O)NC(C)(C)c2ccc3c(c2)OCCO3)c2cccnc12. The van der Waals surface area contributed by atoms with Crippen molar-refractivity contribution in [1.82, 2.24) is 9.71 Å². The Balaban J connectivity index is 1.72. The summed E-state index contributed by atoms with van der Waals surface area (Å²) in [5.41, 5.74) is 1.55. The number of ether oxygens (including phenoxy) is 2. The molecule has 0 bridgehead atoms. The third-order valence-electron chi connectivity index (χ3n) is 4.87. The zero-order valence-electron chi connectivity index (χ0n) is 16.0. The van der Waals surface area contributed by atoms with E-state index >= 15 is 0 Å². The largest absolute Gasteiger partial charge is 0.486 e. The van der Waals surface area contributed by atoms with Crippen LogP contribution >= 0.6 is 0 Å². The van der Waals surface area contributed by atoms with Crippen molar-refractivity contribution in [1.29, 1.82) is 0 Å². The first kappa shape index (κ1) is 18.7. The molecule has 1 aliphatic rings. The molecule has 0 atom stereocenters. The molecule has 1 aliphatic heterocycles. The highest BCUT2D eigenvalue weighted by Crippen LogP contribution is 2.35. The van der Waals surface area contributed by atoms with E-state index in [1.807, 2.05) is 39.0 Å². The maximum atomic E-state index is 13.2. The fourth-order valence-corrected chi connectivity index (χ4v) is 5.01. The van der Waals surface area contributed by atoms with Crippen LogP contribution in [0.15, 0.2) is 53.6 Å². The van der Waals surface area contributed by atoms with E-state index < -0.39 is 15.6 Å². The molecule has 2 heterocycles. The van der Waals surface area contributed by atoms with E-state index in [4.69, 9.17) is 9.47 Å². The summed E-state index contributed by atoms with van der Waals surface area (Å²) in [6, 6.07) is 12.4.